The van der Waals surface area contributed by atoms with Crippen molar-refractivity contribution in [3.05, 3.63) is 65.7 Å². The highest BCUT2D eigenvalue weighted by Gasteiger charge is 2.36. The number of hydrogen-bond donors (Lipinski definition) is 0. The van der Waals surface area contributed by atoms with E-state index in [1.807, 2.05) is 0 Å². The summed E-state index contributed by atoms with van der Waals surface area (Å²) in [5, 5.41) is 0. The van der Waals surface area contributed by atoms with E-state index in [9.17, 15) is 14.0 Å². The molecule has 0 spiro atoms. The van der Waals surface area contributed by atoms with Gasteiger partial charge in [-0.25, -0.2) is 4.39 Å². The number of carbonyl (C=O) groups excluding carboxylic acids is 2. The molecule has 1 aliphatic heterocycles. The fourth-order valence-corrected chi connectivity index (χ4v) is 2.41. The van der Waals surface area contributed by atoms with Crippen LogP contribution in [-0.2, 0) is 4.79 Å². The molecular weight excluding hydrogens is 271 g/mol. The van der Waals surface area contributed by atoms with Gasteiger partial charge in [-0.05, 0) is 36.2 Å². The Balaban J connectivity index is 1.76. The van der Waals surface area contributed by atoms with E-state index >= 15 is 0 Å². The number of likely N-dealkylation sites (tertiary alicyclic amines) is 1. The number of Topliss-reactive ketones (excluding diaryl/α,β-unsaturated/α-hetero) is 1. The lowest BCUT2D eigenvalue weighted by Gasteiger charge is -2.40. The molecule has 1 saturated heterocycles. The molecule has 5 heteroatoms. The van der Waals surface area contributed by atoms with Crippen LogP contribution in [-0.4, -0.2) is 28.1 Å². The molecule has 1 fully saturated rings. The van der Waals surface area contributed by atoms with Crippen LogP contribution in [0.25, 0.3) is 0 Å². The average molecular weight is 284 g/mol. The minimum absolute atomic E-state index is 0.154. The predicted molar refractivity (Wildman–Crippen MR) is 74.0 cm³/mol. The van der Waals surface area contributed by atoms with Gasteiger partial charge in [-0.1, -0.05) is 12.1 Å². The van der Waals surface area contributed by atoms with Crippen molar-refractivity contribution in [2.75, 3.05) is 6.54 Å². The fourth-order valence-electron chi connectivity index (χ4n) is 2.41. The van der Waals surface area contributed by atoms with Gasteiger partial charge in [-0.3, -0.25) is 14.6 Å². The van der Waals surface area contributed by atoms with Crippen LogP contribution in [0.1, 0.15) is 28.4 Å². The second-order valence-corrected chi connectivity index (χ2v) is 4.93. The first-order chi connectivity index (χ1) is 10.2. The van der Waals surface area contributed by atoms with Crippen molar-refractivity contribution in [1.82, 2.24) is 9.88 Å². The third kappa shape index (κ3) is 2.54. The molecule has 3 rings (SSSR count). The summed E-state index contributed by atoms with van der Waals surface area (Å²) in [7, 11) is 0. The Kier molecular flexibility index (Phi) is 3.48. The van der Waals surface area contributed by atoms with Crippen molar-refractivity contribution < 1.29 is 14.0 Å². The number of nitrogens with zero attached hydrogens (tertiary/aromatic N) is 2. The summed E-state index contributed by atoms with van der Waals surface area (Å²) in [6.07, 6.45) is 3.71. The molecule has 2 aromatic rings. The SMILES string of the molecule is O=C(C(=O)N1CC[C@H]1c1ccc(F)cc1)c1cccnc1. The molecule has 0 saturated carbocycles. The van der Waals surface area contributed by atoms with E-state index in [-0.39, 0.29) is 17.4 Å². The zero-order chi connectivity index (χ0) is 14.8. The summed E-state index contributed by atoms with van der Waals surface area (Å²) >= 11 is 0. The Bertz CT molecular complexity index is 670. The highest BCUT2D eigenvalue weighted by Crippen LogP contribution is 2.33. The van der Waals surface area contributed by atoms with Crippen LogP contribution in [0, 0.1) is 5.82 Å². The lowest BCUT2D eigenvalue weighted by molar-refractivity contribution is -0.134. The van der Waals surface area contributed by atoms with Gasteiger partial charge in [-0.2, -0.15) is 0 Å². The van der Waals surface area contributed by atoms with Gasteiger partial charge in [0.1, 0.15) is 5.82 Å². The number of benzene rings is 1. The van der Waals surface area contributed by atoms with E-state index in [1.165, 1.54) is 23.2 Å². The van der Waals surface area contributed by atoms with Crippen molar-refractivity contribution in [3.63, 3.8) is 0 Å². The maximum atomic E-state index is 12.9. The van der Waals surface area contributed by atoms with Crippen LogP contribution < -0.4 is 0 Å². The van der Waals surface area contributed by atoms with E-state index in [4.69, 9.17) is 0 Å². The number of ketones is 1. The number of amides is 1. The van der Waals surface area contributed by atoms with Crippen LogP contribution >= 0.6 is 0 Å². The summed E-state index contributed by atoms with van der Waals surface area (Å²) < 4.78 is 12.9. The standard InChI is InChI=1S/C16H13FN2O2/c17-13-5-3-11(4-6-13)14-7-9-19(14)16(21)15(20)12-2-1-8-18-10-12/h1-6,8,10,14H,7,9H2/t14-/m0/s1. The van der Waals surface area contributed by atoms with Crippen LogP contribution in [0.5, 0.6) is 0 Å². The summed E-state index contributed by atoms with van der Waals surface area (Å²) in [5.41, 5.74) is 1.13. The monoisotopic (exact) mass is 284 g/mol. The molecule has 21 heavy (non-hydrogen) atoms. The predicted octanol–water partition coefficient (Wildman–Crippen LogP) is 2.38. The second-order valence-electron chi connectivity index (χ2n) is 4.93. The molecule has 1 aromatic heterocycles. The lowest BCUT2D eigenvalue weighted by atomic mass is 9.93. The Labute approximate surface area is 121 Å². The van der Waals surface area contributed by atoms with E-state index < -0.39 is 11.7 Å². The van der Waals surface area contributed by atoms with Gasteiger partial charge in [0.2, 0.25) is 0 Å². The van der Waals surface area contributed by atoms with E-state index in [0.29, 0.717) is 6.54 Å². The second kappa shape index (κ2) is 5.44. The normalized spacial score (nSPS) is 17.2. The molecule has 1 amide bonds. The molecule has 0 radical (unpaired) electrons. The molecule has 1 aliphatic rings. The van der Waals surface area contributed by atoms with Crippen molar-refractivity contribution >= 4 is 11.7 Å². The number of aromatic nitrogens is 1. The summed E-state index contributed by atoms with van der Waals surface area (Å²) in [5.74, 6) is -1.42. The number of rotatable bonds is 3. The van der Waals surface area contributed by atoms with Gasteiger partial charge in [0.25, 0.3) is 11.7 Å². The third-order valence-corrected chi connectivity index (χ3v) is 3.65. The van der Waals surface area contributed by atoms with E-state index in [1.54, 1.807) is 30.5 Å². The highest BCUT2D eigenvalue weighted by atomic mass is 19.1. The van der Waals surface area contributed by atoms with Crippen LogP contribution in [0.3, 0.4) is 0 Å². The smallest absolute Gasteiger partial charge is 0.295 e. The minimum Gasteiger partial charge on any atom is -0.329 e. The number of halogens is 1. The van der Waals surface area contributed by atoms with E-state index in [0.717, 1.165) is 12.0 Å². The zero-order valence-electron chi connectivity index (χ0n) is 11.2. The van der Waals surface area contributed by atoms with Crippen LogP contribution in [0.4, 0.5) is 4.39 Å². The highest BCUT2D eigenvalue weighted by molar-refractivity contribution is 6.42. The Morgan fingerprint density at radius 2 is 1.95 bits per heavy atom. The van der Waals surface area contributed by atoms with Gasteiger partial charge < -0.3 is 4.90 Å². The Hall–Kier alpha value is -2.56. The summed E-state index contributed by atoms with van der Waals surface area (Å²) in [6.45, 7) is 0.535. The minimum atomic E-state index is -0.560. The maximum Gasteiger partial charge on any atom is 0.295 e. The van der Waals surface area contributed by atoms with Gasteiger partial charge >= 0.3 is 0 Å². The Morgan fingerprint density at radius 1 is 1.19 bits per heavy atom. The van der Waals surface area contributed by atoms with Crippen molar-refractivity contribution in [2.24, 2.45) is 0 Å². The largest absolute Gasteiger partial charge is 0.329 e. The fraction of sp³-hybridized carbons (Fsp3) is 0.188. The molecule has 1 atom stereocenters. The zero-order valence-corrected chi connectivity index (χ0v) is 11.2. The number of hydrogen-bond acceptors (Lipinski definition) is 3. The van der Waals surface area contributed by atoms with Crippen LogP contribution in [0.15, 0.2) is 48.8 Å². The van der Waals surface area contributed by atoms with Gasteiger partial charge in [0, 0.05) is 24.5 Å². The lowest BCUT2D eigenvalue weighted by Crippen LogP contribution is -2.48. The number of carbonyl (C=O) groups is 2. The number of pyridine rings is 1. The van der Waals surface area contributed by atoms with Gasteiger partial charge in [-0.15, -0.1) is 0 Å². The molecule has 0 bridgehead atoms. The van der Waals surface area contributed by atoms with Crippen molar-refractivity contribution in [1.29, 1.82) is 0 Å². The molecule has 106 valence electrons. The first kappa shape index (κ1) is 13.4. The topological polar surface area (TPSA) is 50.3 Å². The average Bonchev–Trinajstić information content (AvgIpc) is 2.48. The maximum absolute atomic E-state index is 12.9. The molecular formula is C16H13FN2O2. The summed E-state index contributed by atoms with van der Waals surface area (Å²) in [6, 6.07) is 9.05. The van der Waals surface area contributed by atoms with Crippen molar-refractivity contribution in [2.45, 2.75) is 12.5 Å². The van der Waals surface area contributed by atoms with Crippen molar-refractivity contribution in [3.8, 4) is 0 Å². The van der Waals surface area contributed by atoms with E-state index in [2.05, 4.69) is 4.98 Å². The third-order valence-electron chi connectivity index (χ3n) is 3.65. The first-order valence-corrected chi connectivity index (χ1v) is 6.67. The molecule has 4 nitrogen and oxygen atoms in total. The molecule has 0 N–H and O–H groups in total. The summed E-state index contributed by atoms with van der Waals surface area (Å²) in [4.78, 5) is 29.7. The van der Waals surface area contributed by atoms with Gasteiger partial charge in [0.15, 0.2) is 0 Å². The molecule has 0 aliphatic carbocycles. The van der Waals surface area contributed by atoms with Gasteiger partial charge in [0.05, 0.1) is 6.04 Å². The first-order valence-electron chi connectivity index (χ1n) is 6.67. The molecule has 2 heterocycles. The molecule has 0 unspecified atom stereocenters. The quantitative estimate of drug-likeness (QED) is 0.642. The Morgan fingerprint density at radius 3 is 2.52 bits per heavy atom. The molecule has 1 aromatic carbocycles. The van der Waals surface area contributed by atoms with Crippen LogP contribution in [0.2, 0.25) is 0 Å².